The number of nitrogens with zero attached hydrogens (tertiary/aromatic N) is 3. The number of hydrogen-bond acceptors (Lipinski definition) is 4. The first kappa shape index (κ1) is 7.50. The van der Waals surface area contributed by atoms with E-state index in [9.17, 15) is 0 Å². The van der Waals surface area contributed by atoms with Crippen LogP contribution in [0.3, 0.4) is 0 Å². The van der Waals surface area contributed by atoms with Crippen molar-refractivity contribution in [2.75, 3.05) is 33.9 Å². The lowest BCUT2D eigenvalue weighted by atomic mass is 10.6. The van der Waals surface area contributed by atoms with Crippen LogP contribution >= 0.6 is 0 Å². The number of likely N-dealkylation sites (N-methyl/N-ethyl adjacent to an activating group) is 1. The van der Waals surface area contributed by atoms with Crippen LogP contribution in [0.2, 0.25) is 0 Å². The van der Waals surface area contributed by atoms with Crippen molar-refractivity contribution in [3.63, 3.8) is 0 Å². The molecular weight excluding hydrogens is 128 g/mol. The summed E-state index contributed by atoms with van der Waals surface area (Å²) in [6.07, 6.45) is 1.87. The van der Waals surface area contributed by atoms with Gasteiger partial charge in [0, 0.05) is 20.1 Å². The van der Waals surface area contributed by atoms with Crippen LogP contribution in [0.5, 0.6) is 0 Å². The Hall–Kier alpha value is -0.610. The molecule has 0 fully saturated rings. The topological polar surface area (TPSA) is 30.9 Å². The van der Waals surface area contributed by atoms with E-state index >= 15 is 0 Å². The summed E-state index contributed by atoms with van der Waals surface area (Å²) in [6.45, 7) is 2.79. The number of aliphatic imine (C=N–C) groups is 1. The Morgan fingerprint density at radius 2 is 2.50 bits per heavy atom. The second-order valence-electron chi connectivity index (χ2n) is 2.36. The molecule has 0 atom stereocenters. The molecule has 1 N–H and O–H groups in total. The van der Waals surface area contributed by atoms with E-state index < -0.39 is 0 Å². The Labute approximate surface area is 61.5 Å². The van der Waals surface area contributed by atoms with Crippen molar-refractivity contribution in [2.24, 2.45) is 4.99 Å². The van der Waals surface area contributed by atoms with Gasteiger partial charge in [-0.3, -0.25) is 10.0 Å². The monoisotopic (exact) mass is 142 g/mol. The maximum atomic E-state index is 4.10. The Balaban J connectivity index is 2.20. The highest BCUT2D eigenvalue weighted by Gasteiger charge is 2.09. The van der Waals surface area contributed by atoms with Gasteiger partial charge in [-0.25, -0.2) is 5.01 Å². The van der Waals surface area contributed by atoms with Gasteiger partial charge in [-0.1, -0.05) is 0 Å². The fourth-order valence-electron chi connectivity index (χ4n) is 0.873. The zero-order valence-electron chi connectivity index (χ0n) is 6.54. The molecule has 0 spiro atoms. The molecule has 0 aromatic carbocycles. The summed E-state index contributed by atoms with van der Waals surface area (Å²) < 4.78 is 0. The Morgan fingerprint density at radius 3 is 3.00 bits per heavy atom. The average molecular weight is 142 g/mol. The molecule has 0 aliphatic carbocycles. The molecule has 1 heterocycles. The van der Waals surface area contributed by atoms with Crippen LogP contribution in [-0.2, 0) is 0 Å². The lowest BCUT2D eigenvalue weighted by Crippen LogP contribution is -2.38. The van der Waals surface area contributed by atoms with Gasteiger partial charge in [0.25, 0.3) is 0 Å². The number of hydrazine groups is 1. The van der Waals surface area contributed by atoms with E-state index in [2.05, 4.69) is 20.3 Å². The summed E-state index contributed by atoms with van der Waals surface area (Å²) in [6, 6.07) is 0. The molecule has 0 unspecified atom stereocenters. The molecule has 0 aromatic heterocycles. The highest BCUT2D eigenvalue weighted by Crippen LogP contribution is 1.97. The third kappa shape index (κ3) is 1.68. The van der Waals surface area contributed by atoms with Gasteiger partial charge in [-0.2, -0.15) is 0 Å². The lowest BCUT2D eigenvalue weighted by molar-refractivity contribution is 0.110. The van der Waals surface area contributed by atoms with Crippen molar-refractivity contribution < 1.29 is 0 Å². The van der Waals surface area contributed by atoms with E-state index in [1.54, 1.807) is 0 Å². The molecule has 4 nitrogen and oxygen atoms in total. The number of nitrogens with one attached hydrogen (secondary N) is 1. The maximum Gasteiger partial charge on any atom is 0.110 e. The van der Waals surface area contributed by atoms with E-state index in [1.807, 2.05) is 20.4 Å². The molecule has 0 saturated carbocycles. The second-order valence-corrected chi connectivity index (χ2v) is 2.36. The predicted octanol–water partition coefficient (Wildman–Crippen LogP) is -0.646. The van der Waals surface area contributed by atoms with Crippen molar-refractivity contribution in [3.8, 4) is 0 Å². The van der Waals surface area contributed by atoms with Crippen LogP contribution in [-0.4, -0.2) is 50.2 Å². The van der Waals surface area contributed by atoms with Crippen molar-refractivity contribution in [1.82, 2.24) is 15.3 Å². The molecular formula is C6H14N4. The molecule has 1 aliphatic heterocycles. The standard InChI is InChI=1S/C6H14N4/c1-7-3-4-10-6-8-5-9(10)2/h6-7H,3-5H2,1-2H3. The SMILES string of the molecule is CNCCN1C=NCN1C. The minimum atomic E-state index is 0.795. The molecule has 1 rings (SSSR count). The fourth-order valence-corrected chi connectivity index (χ4v) is 0.873. The van der Waals surface area contributed by atoms with E-state index in [1.165, 1.54) is 0 Å². The molecule has 0 saturated heterocycles. The first-order chi connectivity index (χ1) is 4.84. The highest BCUT2D eigenvalue weighted by atomic mass is 15.7. The Bertz CT molecular complexity index is 123. The van der Waals surface area contributed by atoms with E-state index in [4.69, 9.17) is 0 Å². The zero-order valence-corrected chi connectivity index (χ0v) is 6.54. The van der Waals surface area contributed by atoms with Gasteiger partial charge in [0.15, 0.2) is 0 Å². The second kappa shape index (κ2) is 3.53. The molecule has 0 amide bonds. The summed E-state index contributed by atoms with van der Waals surface area (Å²) in [4.78, 5) is 4.10. The first-order valence-corrected chi connectivity index (χ1v) is 3.47. The summed E-state index contributed by atoms with van der Waals surface area (Å²) >= 11 is 0. The molecule has 0 bridgehead atoms. The fraction of sp³-hybridized carbons (Fsp3) is 0.833. The van der Waals surface area contributed by atoms with Crippen LogP contribution in [0.1, 0.15) is 0 Å². The van der Waals surface area contributed by atoms with E-state index in [0.717, 1.165) is 19.8 Å². The van der Waals surface area contributed by atoms with E-state index in [0.29, 0.717) is 0 Å². The third-order valence-electron chi connectivity index (χ3n) is 1.53. The van der Waals surface area contributed by atoms with Gasteiger partial charge in [0.05, 0.1) is 0 Å². The van der Waals surface area contributed by atoms with Crippen LogP contribution in [0.4, 0.5) is 0 Å². The molecule has 4 heteroatoms. The average Bonchev–Trinajstić information content (AvgIpc) is 2.31. The van der Waals surface area contributed by atoms with Gasteiger partial charge in [0.2, 0.25) is 0 Å². The molecule has 1 aliphatic rings. The number of hydrogen-bond donors (Lipinski definition) is 1. The van der Waals surface area contributed by atoms with Gasteiger partial charge in [-0.15, -0.1) is 0 Å². The minimum absolute atomic E-state index is 0.795. The molecule has 0 aromatic rings. The Morgan fingerprint density at radius 1 is 1.70 bits per heavy atom. The molecule has 10 heavy (non-hydrogen) atoms. The van der Waals surface area contributed by atoms with Crippen molar-refractivity contribution >= 4 is 6.34 Å². The van der Waals surface area contributed by atoms with Crippen molar-refractivity contribution in [1.29, 1.82) is 0 Å². The van der Waals surface area contributed by atoms with Crippen molar-refractivity contribution in [2.45, 2.75) is 0 Å². The summed E-state index contributed by atoms with van der Waals surface area (Å²) in [5.41, 5.74) is 0. The molecule has 58 valence electrons. The maximum absolute atomic E-state index is 4.10. The highest BCUT2D eigenvalue weighted by molar-refractivity contribution is 5.55. The van der Waals surface area contributed by atoms with Crippen LogP contribution < -0.4 is 5.32 Å². The molecule has 0 radical (unpaired) electrons. The van der Waals surface area contributed by atoms with Gasteiger partial charge in [-0.05, 0) is 7.05 Å². The quantitative estimate of drug-likeness (QED) is 0.568. The van der Waals surface area contributed by atoms with Crippen LogP contribution in [0.15, 0.2) is 4.99 Å². The minimum Gasteiger partial charge on any atom is -0.318 e. The summed E-state index contributed by atoms with van der Waals surface area (Å²) in [5, 5.41) is 7.26. The first-order valence-electron chi connectivity index (χ1n) is 3.47. The third-order valence-corrected chi connectivity index (χ3v) is 1.53. The summed E-state index contributed by atoms with van der Waals surface area (Å²) in [7, 11) is 3.98. The zero-order chi connectivity index (χ0) is 7.40. The largest absolute Gasteiger partial charge is 0.318 e. The lowest BCUT2D eigenvalue weighted by Gasteiger charge is -2.22. The normalized spacial score (nSPS) is 18.8. The van der Waals surface area contributed by atoms with E-state index in [-0.39, 0.29) is 0 Å². The summed E-state index contributed by atoms with van der Waals surface area (Å²) in [5.74, 6) is 0. The van der Waals surface area contributed by atoms with Gasteiger partial charge < -0.3 is 5.32 Å². The van der Waals surface area contributed by atoms with Gasteiger partial charge >= 0.3 is 0 Å². The van der Waals surface area contributed by atoms with Crippen LogP contribution in [0.25, 0.3) is 0 Å². The Kier molecular flexibility index (Phi) is 2.65. The smallest absolute Gasteiger partial charge is 0.110 e. The van der Waals surface area contributed by atoms with Gasteiger partial charge in [0.1, 0.15) is 13.0 Å². The number of rotatable bonds is 3. The van der Waals surface area contributed by atoms with Crippen molar-refractivity contribution in [3.05, 3.63) is 0 Å². The van der Waals surface area contributed by atoms with Crippen LogP contribution in [0, 0.1) is 0 Å². The predicted molar refractivity (Wildman–Crippen MR) is 41.8 cm³/mol.